The van der Waals surface area contributed by atoms with Crippen molar-refractivity contribution in [3.8, 4) is 0 Å². The summed E-state index contributed by atoms with van der Waals surface area (Å²) < 4.78 is 10.3. The van der Waals surface area contributed by atoms with E-state index in [4.69, 9.17) is 9.47 Å². The van der Waals surface area contributed by atoms with Gasteiger partial charge in [-0.2, -0.15) is 0 Å². The van der Waals surface area contributed by atoms with Gasteiger partial charge in [0.1, 0.15) is 0 Å². The predicted molar refractivity (Wildman–Crippen MR) is 102 cm³/mol. The Labute approximate surface area is 155 Å². The van der Waals surface area contributed by atoms with Crippen molar-refractivity contribution in [2.24, 2.45) is 5.92 Å². The molecule has 0 aliphatic rings. The number of esters is 2. The zero-order valence-electron chi connectivity index (χ0n) is 17.1. The number of carbonyl (C=O) groups is 2. The molecule has 0 heterocycles. The van der Waals surface area contributed by atoms with Gasteiger partial charge in [0.2, 0.25) is 0 Å². The second-order valence-corrected chi connectivity index (χ2v) is 7.73. The molecule has 0 aliphatic heterocycles. The number of ether oxygens (including phenoxy) is 2. The van der Waals surface area contributed by atoms with Gasteiger partial charge in [0.25, 0.3) is 0 Å². The Morgan fingerprint density at radius 1 is 0.600 bits per heavy atom. The first kappa shape index (κ1) is 23.9. The summed E-state index contributed by atoms with van der Waals surface area (Å²) in [6.45, 7) is 9.77. The summed E-state index contributed by atoms with van der Waals surface area (Å²) in [5, 5.41) is 0. The van der Waals surface area contributed by atoms with Crippen molar-refractivity contribution in [2.45, 2.75) is 117 Å². The maximum absolute atomic E-state index is 11.5. The predicted octanol–water partition coefficient (Wildman–Crippen LogP) is 5.82. The van der Waals surface area contributed by atoms with Crippen molar-refractivity contribution in [3.05, 3.63) is 0 Å². The lowest BCUT2D eigenvalue weighted by atomic mass is 9.97. The molecule has 0 fully saturated rings. The van der Waals surface area contributed by atoms with E-state index in [1.54, 1.807) is 0 Å². The zero-order valence-corrected chi connectivity index (χ0v) is 17.1. The van der Waals surface area contributed by atoms with Crippen molar-refractivity contribution >= 4 is 11.9 Å². The van der Waals surface area contributed by atoms with Crippen LogP contribution < -0.4 is 0 Å². The molecule has 0 saturated heterocycles. The fraction of sp³-hybridized carbons (Fsp3) is 0.905. The van der Waals surface area contributed by atoms with E-state index in [0.29, 0.717) is 18.8 Å². The molecule has 0 aromatic heterocycles. The summed E-state index contributed by atoms with van der Waals surface area (Å²) in [6, 6.07) is 0. The lowest BCUT2D eigenvalue weighted by molar-refractivity contribution is -0.148. The van der Waals surface area contributed by atoms with Crippen LogP contribution in [-0.4, -0.2) is 24.1 Å². The molecule has 1 unspecified atom stereocenters. The summed E-state index contributed by atoms with van der Waals surface area (Å²) in [4.78, 5) is 22.9. The summed E-state index contributed by atoms with van der Waals surface area (Å²) in [5.41, 5.74) is 0. The Kier molecular flexibility index (Phi) is 14.6. The van der Waals surface area contributed by atoms with Crippen LogP contribution in [0.5, 0.6) is 0 Å². The normalized spacial score (nSPS) is 12.4. The van der Waals surface area contributed by atoms with Crippen molar-refractivity contribution in [2.75, 3.05) is 0 Å². The molecule has 0 spiro atoms. The van der Waals surface area contributed by atoms with Crippen LogP contribution in [0, 0.1) is 5.92 Å². The highest BCUT2D eigenvalue weighted by Gasteiger charge is 2.09. The Bertz CT molecular complexity index is 350. The lowest BCUT2D eigenvalue weighted by Gasteiger charge is -2.12. The smallest absolute Gasteiger partial charge is 0.306 e. The number of rotatable bonds is 15. The van der Waals surface area contributed by atoms with Gasteiger partial charge >= 0.3 is 11.9 Å². The van der Waals surface area contributed by atoms with Crippen LogP contribution in [0.1, 0.15) is 105 Å². The molecule has 0 saturated carbocycles. The van der Waals surface area contributed by atoms with E-state index >= 15 is 0 Å². The van der Waals surface area contributed by atoms with Gasteiger partial charge in [-0.1, -0.05) is 51.9 Å². The molecule has 4 heteroatoms. The first-order chi connectivity index (χ1) is 11.8. The van der Waals surface area contributed by atoms with Crippen LogP contribution in [0.25, 0.3) is 0 Å². The average Bonchev–Trinajstić information content (AvgIpc) is 2.50. The van der Waals surface area contributed by atoms with E-state index in [9.17, 15) is 9.59 Å². The van der Waals surface area contributed by atoms with E-state index in [1.165, 1.54) is 38.5 Å². The number of carbonyl (C=O) groups excluding carboxylic acids is 2. The minimum atomic E-state index is -0.0703. The van der Waals surface area contributed by atoms with Crippen molar-refractivity contribution in [1.82, 2.24) is 0 Å². The number of hydrogen-bond donors (Lipinski definition) is 0. The molecular weight excluding hydrogens is 316 g/mol. The second kappa shape index (κ2) is 15.2. The molecule has 25 heavy (non-hydrogen) atoms. The third-order valence-electron chi connectivity index (χ3n) is 4.15. The van der Waals surface area contributed by atoms with Crippen LogP contribution in [0.3, 0.4) is 0 Å². The van der Waals surface area contributed by atoms with Crippen LogP contribution in [-0.2, 0) is 19.1 Å². The van der Waals surface area contributed by atoms with Gasteiger partial charge in [0.05, 0.1) is 12.2 Å². The topological polar surface area (TPSA) is 52.6 Å². The minimum absolute atomic E-state index is 0.00394. The van der Waals surface area contributed by atoms with Gasteiger partial charge in [-0.3, -0.25) is 9.59 Å². The largest absolute Gasteiger partial charge is 0.463 e. The van der Waals surface area contributed by atoms with Crippen molar-refractivity contribution in [1.29, 1.82) is 0 Å². The lowest BCUT2D eigenvalue weighted by Crippen LogP contribution is -2.12. The molecule has 0 radical (unpaired) electrons. The zero-order chi connectivity index (χ0) is 19.1. The standard InChI is InChI=1S/C21H40O4/c1-17(2)24-20(22)14-12-10-8-6-7-9-11-13-19(5)15-16-21(23)25-18(3)4/h17-19H,6-16H2,1-5H3. The third kappa shape index (κ3) is 17.6. The van der Waals surface area contributed by atoms with Crippen LogP contribution in [0.2, 0.25) is 0 Å². The van der Waals surface area contributed by atoms with Gasteiger partial charge in [-0.15, -0.1) is 0 Å². The Morgan fingerprint density at radius 2 is 1.04 bits per heavy atom. The monoisotopic (exact) mass is 356 g/mol. The molecule has 0 aromatic rings. The van der Waals surface area contributed by atoms with Crippen molar-refractivity contribution in [3.63, 3.8) is 0 Å². The quantitative estimate of drug-likeness (QED) is 0.274. The SMILES string of the molecule is CC(CCCCCCCCCC(=O)OC(C)C)CCC(=O)OC(C)C. The van der Waals surface area contributed by atoms with E-state index in [2.05, 4.69) is 6.92 Å². The Hall–Kier alpha value is -1.06. The fourth-order valence-corrected chi connectivity index (χ4v) is 2.80. The number of hydrogen-bond acceptors (Lipinski definition) is 4. The molecular formula is C21H40O4. The van der Waals surface area contributed by atoms with Gasteiger partial charge in [-0.25, -0.2) is 0 Å². The molecule has 1 atom stereocenters. The highest BCUT2D eigenvalue weighted by Crippen LogP contribution is 2.17. The van der Waals surface area contributed by atoms with Crippen LogP contribution in [0.15, 0.2) is 0 Å². The average molecular weight is 357 g/mol. The second-order valence-electron chi connectivity index (χ2n) is 7.73. The highest BCUT2D eigenvalue weighted by atomic mass is 16.5. The number of unbranched alkanes of at least 4 members (excludes halogenated alkanes) is 6. The van der Waals surface area contributed by atoms with E-state index < -0.39 is 0 Å². The molecule has 4 nitrogen and oxygen atoms in total. The minimum Gasteiger partial charge on any atom is -0.463 e. The first-order valence-corrected chi connectivity index (χ1v) is 10.2. The van der Waals surface area contributed by atoms with Crippen LogP contribution >= 0.6 is 0 Å². The molecule has 148 valence electrons. The maximum Gasteiger partial charge on any atom is 0.306 e. The molecule has 0 rings (SSSR count). The van der Waals surface area contributed by atoms with E-state index in [0.717, 1.165) is 19.3 Å². The van der Waals surface area contributed by atoms with Crippen LogP contribution in [0.4, 0.5) is 0 Å². The van der Waals surface area contributed by atoms with E-state index in [-0.39, 0.29) is 24.1 Å². The third-order valence-corrected chi connectivity index (χ3v) is 4.15. The van der Waals surface area contributed by atoms with Gasteiger partial charge < -0.3 is 9.47 Å². The van der Waals surface area contributed by atoms with Gasteiger partial charge in [0, 0.05) is 12.8 Å². The molecule has 0 aliphatic carbocycles. The van der Waals surface area contributed by atoms with Gasteiger partial charge in [-0.05, 0) is 46.5 Å². The fourth-order valence-electron chi connectivity index (χ4n) is 2.80. The molecule has 0 N–H and O–H groups in total. The summed E-state index contributed by atoms with van der Waals surface area (Å²) in [7, 11) is 0. The van der Waals surface area contributed by atoms with E-state index in [1.807, 2.05) is 27.7 Å². The van der Waals surface area contributed by atoms with Gasteiger partial charge in [0.15, 0.2) is 0 Å². The summed E-state index contributed by atoms with van der Waals surface area (Å²) in [6.07, 6.45) is 11.5. The molecule has 0 aromatic carbocycles. The first-order valence-electron chi connectivity index (χ1n) is 10.2. The molecule has 0 bridgehead atoms. The molecule has 0 amide bonds. The Balaban J connectivity index is 3.37. The summed E-state index contributed by atoms with van der Waals surface area (Å²) in [5.74, 6) is 0.451. The van der Waals surface area contributed by atoms with Crippen molar-refractivity contribution < 1.29 is 19.1 Å². The summed E-state index contributed by atoms with van der Waals surface area (Å²) >= 11 is 0. The Morgan fingerprint density at radius 3 is 1.56 bits per heavy atom. The highest BCUT2D eigenvalue weighted by molar-refractivity contribution is 5.69. The maximum atomic E-state index is 11.5.